The molecule has 3 N–H and O–H groups in total. The average molecular weight is 260 g/mol. The second kappa shape index (κ2) is 6.29. The van der Waals surface area contributed by atoms with Gasteiger partial charge < -0.3 is 11.1 Å². The topological polar surface area (TPSA) is 81.6 Å². The van der Waals surface area contributed by atoms with Crippen LogP contribution in [0.25, 0.3) is 5.82 Å². The van der Waals surface area contributed by atoms with Crippen LogP contribution in [0.3, 0.4) is 0 Å². The highest BCUT2D eigenvalue weighted by molar-refractivity contribution is 5.43. The maximum atomic E-state index is 5.75. The summed E-state index contributed by atoms with van der Waals surface area (Å²) in [5.74, 6) is 1.79. The lowest BCUT2D eigenvalue weighted by molar-refractivity contribution is 0.413. The van der Waals surface area contributed by atoms with Gasteiger partial charge in [-0.05, 0) is 30.5 Å². The van der Waals surface area contributed by atoms with E-state index in [1.807, 2.05) is 12.1 Å². The largest absolute Gasteiger partial charge is 0.383 e. The van der Waals surface area contributed by atoms with E-state index in [4.69, 9.17) is 5.73 Å². The van der Waals surface area contributed by atoms with E-state index < -0.39 is 0 Å². The maximum Gasteiger partial charge on any atom is 0.155 e. The highest BCUT2D eigenvalue weighted by Crippen LogP contribution is 2.13. The molecule has 0 fully saturated rings. The summed E-state index contributed by atoms with van der Waals surface area (Å²) in [5.41, 5.74) is 6.74. The third-order valence-corrected chi connectivity index (χ3v) is 3.22. The normalized spacial score (nSPS) is 12.6. The standard InChI is InChI=1S/C13H20N6/c1-10(2)11(5-14)6-16-12-3-4-13(17-7-12)19-9-15-8-18-19/h3-4,7-11,16H,5-6,14H2,1-2H3. The minimum absolute atomic E-state index is 0.468. The van der Waals surface area contributed by atoms with Crippen LogP contribution in [0.2, 0.25) is 0 Å². The van der Waals surface area contributed by atoms with Crippen LogP contribution in [0.1, 0.15) is 13.8 Å². The number of aromatic nitrogens is 4. The predicted molar refractivity (Wildman–Crippen MR) is 75.0 cm³/mol. The molecule has 0 aliphatic rings. The lowest BCUT2D eigenvalue weighted by Gasteiger charge is -2.19. The molecule has 1 atom stereocenters. The Morgan fingerprint density at radius 1 is 1.37 bits per heavy atom. The molecule has 102 valence electrons. The zero-order valence-electron chi connectivity index (χ0n) is 11.3. The molecule has 2 rings (SSSR count). The van der Waals surface area contributed by atoms with E-state index in [9.17, 15) is 0 Å². The van der Waals surface area contributed by atoms with Gasteiger partial charge in [-0.3, -0.25) is 0 Å². The van der Waals surface area contributed by atoms with E-state index in [0.717, 1.165) is 18.1 Å². The quantitative estimate of drug-likeness (QED) is 0.818. The van der Waals surface area contributed by atoms with Crippen molar-refractivity contribution in [1.82, 2.24) is 19.7 Å². The van der Waals surface area contributed by atoms with Crippen LogP contribution in [-0.4, -0.2) is 32.8 Å². The molecule has 2 heterocycles. The molecular formula is C13H20N6. The fourth-order valence-corrected chi connectivity index (χ4v) is 1.79. The Kier molecular flexibility index (Phi) is 4.46. The van der Waals surface area contributed by atoms with Crippen molar-refractivity contribution in [3.63, 3.8) is 0 Å². The third-order valence-electron chi connectivity index (χ3n) is 3.22. The van der Waals surface area contributed by atoms with Gasteiger partial charge in [0.2, 0.25) is 0 Å². The van der Waals surface area contributed by atoms with Crippen LogP contribution in [0.4, 0.5) is 5.69 Å². The number of nitrogens with two attached hydrogens (primary N) is 1. The smallest absolute Gasteiger partial charge is 0.155 e. The minimum atomic E-state index is 0.468. The molecule has 0 saturated carbocycles. The van der Waals surface area contributed by atoms with Crippen LogP contribution in [-0.2, 0) is 0 Å². The molecule has 0 spiro atoms. The first-order valence-corrected chi connectivity index (χ1v) is 6.45. The Bertz CT molecular complexity index is 476. The fraction of sp³-hybridized carbons (Fsp3) is 0.462. The van der Waals surface area contributed by atoms with Gasteiger partial charge in [0.05, 0.1) is 11.9 Å². The molecule has 1 unspecified atom stereocenters. The summed E-state index contributed by atoms with van der Waals surface area (Å²) in [5, 5.41) is 7.39. The summed E-state index contributed by atoms with van der Waals surface area (Å²) >= 11 is 0. The zero-order valence-corrected chi connectivity index (χ0v) is 11.3. The minimum Gasteiger partial charge on any atom is -0.383 e. The summed E-state index contributed by atoms with van der Waals surface area (Å²) in [6.07, 6.45) is 4.91. The van der Waals surface area contributed by atoms with E-state index in [0.29, 0.717) is 18.4 Å². The average Bonchev–Trinajstić information content (AvgIpc) is 2.94. The van der Waals surface area contributed by atoms with E-state index in [1.165, 1.54) is 6.33 Å². The first-order chi connectivity index (χ1) is 9.20. The first kappa shape index (κ1) is 13.5. The highest BCUT2D eigenvalue weighted by Gasteiger charge is 2.10. The maximum absolute atomic E-state index is 5.75. The lowest BCUT2D eigenvalue weighted by atomic mass is 9.96. The molecule has 6 heteroatoms. The van der Waals surface area contributed by atoms with Crippen LogP contribution < -0.4 is 11.1 Å². The SMILES string of the molecule is CC(C)C(CN)CNc1ccc(-n2cncn2)nc1. The van der Waals surface area contributed by atoms with Gasteiger partial charge in [0, 0.05) is 6.54 Å². The number of pyridine rings is 1. The molecule has 0 aliphatic carbocycles. The lowest BCUT2D eigenvalue weighted by Crippen LogP contribution is -2.27. The molecule has 6 nitrogen and oxygen atoms in total. The van der Waals surface area contributed by atoms with Crippen LogP contribution in [0.5, 0.6) is 0 Å². The molecular weight excluding hydrogens is 240 g/mol. The van der Waals surface area contributed by atoms with Gasteiger partial charge in [-0.1, -0.05) is 13.8 Å². The second-order valence-electron chi connectivity index (χ2n) is 4.87. The Balaban J connectivity index is 1.96. The molecule has 0 saturated heterocycles. The molecule has 0 amide bonds. The molecule has 0 aliphatic heterocycles. The molecule has 2 aromatic rings. The number of hydrogen-bond acceptors (Lipinski definition) is 5. The van der Waals surface area contributed by atoms with E-state index in [1.54, 1.807) is 17.2 Å². The van der Waals surface area contributed by atoms with Gasteiger partial charge in [-0.2, -0.15) is 5.10 Å². The first-order valence-electron chi connectivity index (χ1n) is 6.45. The van der Waals surface area contributed by atoms with Gasteiger partial charge in [-0.15, -0.1) is 0 Å². The van der Waals surface area contributed by atoms with Crippen molar-refractivity contribution >= 4 is 5.69 Å². The number of hydrogen-bond donors (Lipinski definition) is 2. The molecule has 2 aromatic heterocycles. The van der Waals surface area contributed by atoms with Gasteiger partial charge in [-0.25, -0.2) is 14.6 Å². The van der Waals surface area contributed by atoms with E-state index >= 15 is 0 Å². The molecule has 19 heavy (non-hydrogen) atoms. The molecule has 0 radical (unpaired) electrons. The Morgan fingerprint density at radius 2 is 2.21 bits per heavy atom. The second-order valence-corrected chi connectivity index (χ2v) is 4.87. The van der Waals surface area contributed by atoms with Crippen LogP contribution in [0.15, 0.2) is 31.0 Å². The van der Waals surface area contributed by atoms with Crippen molar-refractivity contribution in [2.45, 2.75) is 13.8 Å². The number of anilines is 1. The summed E-state index contributed by atoms with van der Waals surface area (Å²) in [6.45, 7) is 5.92. The monoisotopic (exact) mass is 260 g/mol. The van der Waals surface area contributed by atoms with Crippen LogP contribution >= 0.6 is 0 Å². The third kappa shape index (κ3) is 3.51. The summed E-state index contributed by atoms with van der Waals surface area (Å²) in [6, 6.07) is 3.89. The summed E-state index contributed by atoms with van der Waals surface area (Å²) in [7, 11) is 0. The van der Waals surface area contributed by atoms with Crippen LogP contribution in [0, 0.1) is 11.8 Å². The van der Waals surface area contributed by atoms with Gasteiger partial charge >= 0.3 is 0 Å². The number of nitrogens with one attached hydrogen (secondary N) is 1. The number of nitrogens with zero attached hydrogens (tertiary/aromatic N) is 4. The van der Waals surface area contributed by atoms with E-state index in [-0.39, 0.29) is 0 Å². The Hall–Kier alpha value is -1.95. The van der Waals surface area contributed by atoms with Crippen molar-refractivity contribution in [2.75, 3.05) is 18.4 Å². The summed E-state index contributed by atoms with van der Waals surface area (Å²) < 4.78 is 1.63. The summed E-state index contributed by atoms with van der Waals surface area (Å²) in [4.78, 5) is 8.23. The molecule has 0 bridgehead atoms. The number of rotatable bonds is 6. The Morgan fingerprint density at radius 3 is 2.74 bits per heavy atom. The Labute approximate surface area is 113 Å². The van der Waals surface area contributed by atoms with E-state index in [2.05, 4.69) is 34.2 Å². The van der Waals surface area contributed by atoms with Gasteiger partial charge in [0.15, 0.2) is 5.82 Å². The van der Waals surface area contributed by atoms with Crippen molar-refractivity contribution in [2.24, 2.45) is 17.6 Å². The molecule has 0 aromatic carbocycles. The highest BCUT2D eigenvalue weighted by atomic mass is 15.3. The fourth-order valence-electron chi connectivity index (χ4n) is 1.79. The van der Waals surface area contributed by atoms with Crippen molar-refractivity contribution < 1.29 is 0 Å². The van der Waals surface area contributed by atoms with Gasteiger partial charge in [0.1, 0.15) is 12.7 Å². The van der Waals surface area contributed by atoms with Crippen molar-refractivity contribution in [1.29, 1.82) is 0 Å². The predicted octanol–water partition coefficient (Wildman–Crippen LogP) is 1.31. The zero-order chi connectivity index (χ0) is 13.7. The van der Waals surface area contributed by atoms with Crippen molar-refractivity contribution in [3.05, 3.63) is 31.0 Å². The van der Waals surface area contributed by atoms with Crippen molar-refractivity contribution in [3.8, 4) is 5.82 Å². The van der Waals surface area contributed by atoms with Gasteiger partial charge in [0.25, 0.3) is 0 Å².